The van der Waals surface area contributed by atoms with Crippen LogP contribution in [0.1, 0.15) is 23.0 Å². The lowest BCUT2D eigenvalue weighted by Crippen LogP contribution is -2.45. The van der Waals surface area contributed by atoms with Crippen LogP contribution in [0.2, 0.25) is 0 Å². The van der Waals surface area contributed by atoms with Gasteiger partial charge >= 0.3 is 0 Å². The summed E-state index contributed by atoms with van der Waals surface area (Å²) in [6.45, 7) is 1.77. The fourth-order valence-corrected chi connectivity index (χ4v) is 4.65. The lowest BCUT2D eigenvalue weighted by molar-refractivity contribution is -0.119. The second kappa shape index (κ2) is 7.67. The van der Waals surface area contributed by atoms with Gasteiger partial charge in [-0.3, -0.25) is 14.4 Å². The second-order valence-corrected chi connectivity index (χ2v) is 8.28. The first-order chi connectivity index (χ1) is 13.9. The van der Waals surface area contributed by atoms with Gasteiger partial charge in [0.25, 0.3) is 5.91 Å². The third-order valence-corrected chi connectivity index (χ3v) is 6.09. The molecule has 1 N–H and O–H groups in total. The molecule has 0 fully saturated rings. The quantitative estimate of drug-likeness (QED) is 0.719. The zero-order chi connectivity index (χ0) is 20.5. The standard InChI is InChI=1S/C22H21N3O3S/c1-14-11-20(26)23-16-8-4-5-9-17(16)25(14)21(27)13-24(2)22(28)19-12-15-7-3-6-10-18(15)29-19/h3-10,12,14H,11,13H2,1-2H3,(H,23,26)/t14-/m0/s1. The van der Waals surface area contributed by atoms with Gasteiger partial charge in [0.05, 0.1) is 16.3 Å². The lowest BCUT2D eigenvalue weighted by atomic mass is 10.1. The lowest BCUT2D eigenvalue weighted by Gasteiger charge is -2.29. The third-order valence-electron chi connectivity index (χ3n) is 4.98. The molecule has 29 heavy (non-hydrogen) atoms. The molecule has 3 amide bonds. The molecule has 1 atom stereocenters. The van der Waals surface area contributed by atoms with E-state index in [4.69, 9.17) is 0 Å². The zero-order valence-corrected chi connectivity index (χ0v) is 17.0. The second-order valence-electron chi connectivity index (χ2n) is 7.19. The molecule has 0 saturated carbocycles. The Morgan fingerprint density at radius 3 is 2.69 bits per heavy atom. The Labute approximate surface area is 172 Å². The minimum atomic E-state index is -0.307. The molecule has 2 aromatic carbocycles. The Bertz CT molecular complexity index is 1070. The van der Waals surface area contributed by atoms with E-state index in [0.717, 1.165) is 10.1 Å². The summed E-state index contributed by atoms with van der Waals surface area (Å²) in [4.78, 5) is 41.8. The Balaban J connectivity index is 1.56. The van der Waals surface area contributed by atoms with Gasteiger partial charge in [-0.1, -0.05) is 30.3 Å². The molecule has 1 aliphatic heterocycles. The predicted molar refractivity (Wildman–Crippen MR) is 115 cm³/mol. The molecule has 1 aromatic heterocycles. The molecule has 6 nitrogen and oxygen atoms in total. The number of nitrogens with zero attached hydrogens (tertiary/aromatic N) is 2. The molecule has 0 spiro atoms. The summed E-state index contributed by atoms with van der Waals surface area (Å²) >= 11 is 1.42. The summed E-state index contributed by atoms with van der Waals surface area (Å²) in [5.74, 6) is -0.544. The van der Waals surface area contributed by atoms with E-state index < -0.39 is 0 Å². The van der Waals surface area contributed by atoms with Crippen molar-refractivity contribution in [1.82, 2.24) is 4.90 Å². The minimum absolute atomic E-state index is 0.0695. The van der Waals surface area contributed by atoms with Gasteiger partial charge in [-0.2, -0.15) is 0 Å². The van der Waals surface area contributed by atoms with Gasteiger partial charge in [-0.05, 0) is 36.6 Å². The van der Waals surface area contributed by atoms with Gasteiger partial charge in [-0.25, -0.2) is 0 Å². The Morgan fingerprint density at radius 1 is 1.17 bits per heavy atom. The Hall–Kier alpha value is -3.19. The van der Waals surface area contributed by atoms with E-state index in [1.165, 1.54) is 16.2 Å². The van der Waals surface area contributed by atoms with Crippen molar-refractivity contribution in [3.63, 3.8) is 0 Å². The molecule has 148 valence electrons. The first kappa shape index (κ1) is 19.1. The van der Waals surface area contributed by atoms with Crippen LogP contribution in [-0.4, -0.2) is 42.3 Å². The average Bonchev–Trinajstić information content (AvgIpc) is 3.07. The van der Waals surface area contributed by atoms with Crippen molar-refractivity contribution in [1.29, 1.82) is 0 Å². The summed E-state index contributed by atoms with van der Waals surface area (Å²) < 4.78 is 1.04. The van der Waals surface area contributed by atoms with Crippen molar-refractivity contribution in [2.75, 3.05) is 23.8 Å². The Kier molecular flexibility index (Phi) is 5.07. The number of thiophene rings is 1. The smallest absolute Gasteiger partial charge is 0.264 e. The molecule has 0 radical (unpaired) electrons. The van der Waals surface area contributed by atoms with Crippen molar-refractivity contribution in [3.05, 3.63) is 59.5 Å². The van der Waals surface area contributed by atoms with E-state index in [1.807, 2.05) is 55.5 Å². The van der Waals surface area contributed by atoms with Crippen LogP contribution in [0.3, 0.4) is 0 Å². The SMILES string of the molecule is C[C@H]1CC(=O)Nc2ccccc2N1C(=O)CN(C)C(=O)c1cc2ccccc2s1. The number of anilines is 2. The summed E-state index contributed by atoms with van der Waals surface area (Å²) in [7, 11) is 1.63. The fourth-order valence-electron chi connectivity index (χ4n) is 3.59. The number of amides is 3. The monoisotopic (exact) mass is 407 g/mol. The maximum Gasteiger partial charge on any atom is 0.264 e. The maximum atomic E-state index is 13.1. The highest BCUT2D eigenvalue weighted by Gasteiger charge is 2.30. The number of hydrogen-bond donors (Lipinski definition) is 1. The highest BCUT2D eigenvalue weighted by Crippen LogP contribution is 2.31. The number of benzene rings is 2. The van der Waals surface area contributed by atoms with Crippen molar-refractivity contribution in [3.8, 4) is 0 Å². The highest BCUT2D eigenvalue weighted by atomic mass is 32.1. The topological polar surface area (TPSA) is 69.7 Å². The largest absolute Gasteiger partial charge is 0.332 e. The minimum Gasteiger partial charge on any atom is -0.332 e. The predicted octanol–water partition coefficient (Wildman–Crippen LogP) is 3.74. The van der Waals surface area contributed by atoms with Crippen LogP contribution < -0.4 is 10.2 Å². The van der Waals surface area contributed by atoms with Crippen LogP contribution in [0.25, 0.3) is 10.1 Å². The number of fused-ring (bicyclic) bond motifs is 2. The van der Waals surface area contributed by atoms with Crippen LogP contribution in [0.15, 0.2) is 54.6 Å². The van der Waals surface area contributed by atoms with Crippen LogP contribution in [0.4, 0.5) is 11.4 Å². The van der Waals surface area contributed by atoms with E-state index in [1.54, 1.807) is 18.0 Å². The molecular weight excluding hydrogens is 386 g/mol. The first-order valence-electron chi connectivity index (χ1n) is 9.39. The first-order valence-corrected chi connectivity index (χ1v) is 10.2. The third kappa shape index (κ3) is 3.73. The number of para-hydroxylation sites is 2. The van der Waals surface area contributed by atoms with E-state index in [0.29, 0.717) is 16.3 Å². The number of carbonyl (C=O) groups is 3. The van der Waals surface area contributed by atoms with Crippen LogP contribution in [0.5, 0.6) is 0 Å². The van der Waals surface area contributed by atoms with Gasteiger partial charge < -0.3 is 15.1 Å². The summed E-state index contributed by atoms with van der Waals surface area (Å²) in [5, 5.41) is 3.86. The van der Waals surface area contributed by atoms with Gasteiger partial charge in [0.1, 0.15) is 6.54 Å². The average molecular weight is 407 g/mol. The van der Waals surface area contributed by atoms with Crippen LogP contribution >= 0.6 is 11.3 Å². The molecule has 0 saturated heterocycles. The number of rotatable bonds is 3. The molecule has 4 rings (SSSR count). The van der Waals surface area contributed by atoms with E-state index >= 15 is 0 Å². The summed E-state index contributed by atoms with van der Waals surface area (Å²) in [5.41, 5.74) is 1.26. The Morgan fingerprint density at radius 2 is 1.90 bits per heavy atom. The number of carbonyl (C=O) groups excluding carboxylic acids is 3. The molecule has 7 heteroatoms. The molecule has 2 heterocycles. The zero-order valence-electron chi connectivity index (χ0n) is 16.2. The molecular formula is C22H21N3O3S. The number of hydrogen-bond acceptors (Lipinski definition) is 4. The van der Waals surface area contributed by atoms with Gasteiger partial charge in [-0.15, -0.1) is 11.3 Å². The van der Waals surface area contributed by atoms with Crippen molar-refractivity contribution < 1.29 is 14.4 Å². The molecule has 3 aromatic rings. The number of nitrogens with one attached hydrogen (secondary N) is 1. The van der Waals surface area contributed by atoms with Crippen LogP contribution in [-0.2, 0) is 9.59 Å². The number of likely N-dealkylation sites (N-methyl/N-ethyl adjacent to an activating group) is 1. The maximum absolute atomic E-state index is 13.1. The summed E-state index contributed by atoms with van der Waals surface area (Å²) in [6.07, 6.45) is 0.203. The van der Waals surface area contributed by atoms with Gasteiger partial charge in [0, 0.05) is 24.2 Å². The van der Waals surface area contributed by atoms with Crippen molar-refractivity contribution in [2.24, 2.45) is 0 Å². The molecule has 0 bridgehead atoms. The van der Waals surface area contributed by atoms with E-state index in [2.05, 4.69) is 5.32 Å². The van der Waals surface area contributed by atoms with Gasteiger partial charge in [0.2, 0.25) is 11.8 Å². The van der Waals surface area contributed by atoms with Crippen molar-refractivity contribution in [2.45, 2.75) is 19.4 Å². The summed E-state index contributed by atoms with van der Waals surface area (Å²) in [6, 6.07) is 16.6. The van der Waals surface area contributed by atoms with Gasteiger partial charge in [0.15, 0.2) is 0 Å². The fraction of sp³-hybridized carbons (Fsp3) is 0.227. The van der Waals surface area contributed by atoms with E-state index in [9.17, 15) is 14.4 Å². The molecule has 0 aliphatic carbocycles. The molecule has 1 aliphatic rings. The van der Waals surface area contributed by atoms with Crippen LogP contribution in [0, 0.1) is 0 Å². The highest BCUT2D eigenvalue weighted by molar-refractivity contribution is 7.20. The van der Waals surface area contributed by atoms with Crippen molar-refractivity contribution >= 4 is 50.5 Å². The van der Waals surface area contributed by atoms with E-state index in [-0.39, 0.29) is 36.7 Å². The normalized spacial score (nSPS) is 16.1. The molecule has 0 unspecified atom stereocenters.